The van der Waals surface area contributed by atoms with E-state index in [4.69, 9.17) is 18.8 Å². The number of nitrogens with zero attached hydrogens (tertiary/aromatic N) is 3. The van der Waals surface area contributed by atoms with E-state index < -0.39 is 0 Å². The van der Waals surface area contributed by atoms with Crippen LogP contribution in [-0.4, -0.2) is 14.5 Å². The van der Waals surface area contributed by atoms with Crippen LogP contribution < -0.4 is 0 Å². The highest BCUT2D eigenvalue weighted by atomic mass is 32.1. The van der Waals surface area contributed by atoms with Gasteiger partial charge in [0.15, 0.2) is 5.82 Å². The van der Waals surface area contributed by atoms with Gasteiger partial charge in [-0.05, 0) is 70.4 Å². The maximum Gasteiger partial charge on any atom is 0.248 e. The largest absolute Gasteiger partial charge is 0.455 e. The summed E-state index contributed by atoms with van der Waals surface area (Å²) in [6.07, 6.45) is 0. The van der Waals surface area contributed by atoms with Crippen molar-refractivity contribution in [1.29, 1.82) is 0 Å². The Balaban J connectivity index is 1.27. The predicted octanol–water partition coefficient (Wildman–Crippen LogP) is 12.5. The van der Waals surface area contributed by atoms with Crippen LogP contribution in [0.5, 0.6) is 0 Å². The number of hydrogen-bond acceptors (Lipinski definition) is 5. The van der Waals surface area contributed by atoms with Gasteiger partial charge < -0.3 is 8.83 Å². The van der Waals surface area contributed by atoms with Gasteiger partial charge >= 0.3 is 0 Å². The van der Waals surface area contributed by atoms with Gasteiger partial charge in [0.05, 0.1) is 11.0 Å². The van der Waals surface area contributed by atoms with E-state index in [1.54, 1.807) is 0 Å². The van der Waals surface area contributed by atoms with Gasteiger partial charge in [0.1, 0.15) is 28.0 Å². The molecule has 0 radical (unpaired) electrons. The lowest BCUT2D eigenvalue weighted by Crippen LogP contribution is -2.03. The molecular formula is C44H21N3O2S. The molecule has 0 saturated carbocycles. The average Bonchev–Trinajstić information content (AvgIpc) is 3.90. The van der Waals surface area contributed by atoms with Crippen LogP contribution in [0.25, 0.3) is 125 Å². The van der Waals surface area contributed by atoms with Crippen molar-refractivity contribution in [3.63, 3.8) is 0 Å². The van der Waals surface area contributed by atoms with E-state index in [0.717, 1.165) is 60.7 Å². The fourth-order valence-corrected chi connectivity index (χ4v) is 9.88. The molecule has 1 aliphatic carbocycles. The van der Waals surface area contributed by atoms with Gasteiger partial charge in [0.2, 0.25) is 5.71 Å². The van der Waals surface area contributed by atoms with Crippen molar-refractivity contribution in [1.82, 2.24) is 14.5 Å². The number of furan rings is 2. The standard InChI is InChI=1S/C44H21N3O2S/c1-3-15-31-23(9-1)26-13-6-14-28(42(26)48-31)40-43(46-44-41(45-40)27-10-2-4-16-32(27)49-44)47-29-19-18-22-8-5-11-24-25-12-7-17-33-36(25)39-34(50-33)21-20-30(47)38(39)37(29)35(22)24/h1-21H. The van der Waals surface area contributed by atoms with Crippen LogP contribution in [0.1, 0.15) is 0 Å². The molecule has 5 nitrogen and oxygen atoms in total. The van der Waals surface area contributed by atoms with E-state index in [1.165, 1.54) is 52.8 Å². The second kappa shape index (κ2) is 8.74. The molecule has 13 rings (SSSR count). The van der Waals surface area contributed by atoms with Crippen molar-refractivity contribution in [2.45, 2.75) is 0 Å². The third-order valence-electron chi connectivity index (χ3n) is 10.8. The molecular weight excluding hydrogens is 635 g/mol. The summed E-state index contributed by atoms with van der Waals surface area (Å²) in [5, 5.41) is 10.7. The van der Waals surface area contributed by atoms with Gasteiger partial charge in [0, 0.05) is 52.7 Å². The number of benzene rings is 7. The third-order valence-corrected chi connectivity index (χ3v) is 11.9. The minimum Gasteiger partial charge on any atom is -0.455 e. The SMILES string of the molecule is c1cc2c3c(c1)ccc1c3c3c4c(ccc3n1-c1nc3oc5ccccc5c3nc1-c1cccc3c1oc1ccccc13)sc1cccc-2c14. The van der Waals surface area contributed by atoms with Crippen molar-refractivity contribution in [2.24, 2.45) is 0 Å². The highest BCUT2D eigenvalue weighted by molar-refractivity contribution is 7.26. The lowest BCUT2D eigenvalue weighted by Gasteiger charge is -2.14. The van der Waals surface area contributed by atoms with E-state index in [1.807, 2.05) is 41.7 Å². The summed E-state index contributed by atoms with van der Waals surface area (Å²) in [7, 11) is 0. The fourth-order valence-electron chi connectivity index (χ4n) is 8.74. The predicted molar refractivity (Wildman–Crippen MR) is 206 cm³/mol. The summed E-state index contributed by atoms with van der Waals surface area (Å²) in [4.78, 5) is 10.9. The summed E-state index contributed by atoms with van der Waals surface area (Å²) in [6, 6.07) is 45.1. The van der Waals surface area contributed by atoms with E-state index in [2.05, 4.69) is 102 Å². The molecule has 0 N–H and O–H groups in total. The Labute approximate surface area is 286 Å². The number of thiophene rings is 1. The summed E-state index contributed by atoms with van der Waals surface area (Å²) in [6.45, 7) is 0. The van der Waals surface area contributed by atoms with E-state index >= 15 is 0 Å². The van der Waals surface area contributed by atoms with Crippen LogP contribution >= 0.6 is 11.3 Å². The number of rotatable bonds is 2. The third kappa shape index (κ3) is 2.97. The number of aromatic nitrogens is 3. The van der Waals surface area contributed by atoms with Gasteiger partial charge in [-0.1, -0.05) is 78.9 Å². The number of hydrogen-bond donors (Lipinski definition) is 0. The zero-order valence-corrected chi connectivity index (χ0v) is 27.0. The zero-order valence-electron chi connectivity index (χ0n) is 26.2. The molecule has 0 amide bonds. The molecule has 7 aromatic carbocycles. The molecule has 0 unspecified atom stereocenters. The maximum atomic E-state index is 6.63. The Hall–Kier alpha value is -6.50. The summed E-state index contributed by atoms with van der Waals surface area (Å²) < 4.78 is 18.0. The monoisotopic (exact) mass is 655 g/mol. The van der Waals surface area contributed by atoms with E-state index in [-0.39, 0.29) is 0 Å². The van der Waals surface area contributed by atoms with Gasteiger partial charge in [-0.2, -0.15) is 4.98 Å². The second-order valence-electron chi connectivity index (χ2n) is 13.2. The average molecular weight is 656 g/mol. The number of fused-ring (bicyclic) bond motifs is 7. The van der Waals surface area contributed by atoms with E-state index in [9.17, 15) is 0 Å². The molecule has 0 fully saturated rings. The van der Waals surface area contributed by atoms with Crippen LogP contribution in [-0.2, 0) is 0 Å². The van der Waals surface area contributed by atoms with Gasteiger partial charge in [-0.15, -0.1) is 11.3 Å². The van der Waals surface area contributed by atoms with Crippen LogP contribution in [0.15, 0.2) is 136 Å². The van der Waals surface area contributed by atoms with Crippen molar-refractivity contribution >= 4 is 108 Å². The molecule has 5 aromatic heterocycles. The van der Waals surface area contributed by atoms with Crippen molar-refractivity contribution in [2.75, 3.05) is 0 Å². The first-order valence-corrected chi connectivity index (χ1v) is 17.6. The molecule has 0 spiro atoms. The number of para-hydroxylation sites is 3. The van der Waals surface area contributed by atoms with E-state index in [0.29, 0.717) is 11.5 Å². The quantitative estimate of drug-likeness (QED) is 0.186. The first kappa shape index (κ1) is 25.5. The smallest absolute Gasteiger partial charge is 0.248 e. The molecule has 5 heterocycles. The Morgan fingerprint density at radius 3 is 2.06 bits per heavy atom. The lowest BCUT2D eigenvalue weighted by atomic mass is 9.95. The molecule has 50 heavy (non-hydrogen) atoms. The molecule has 1 aliphatic rings. The van der Waals surface area contributed by atoms with Crippen LogP contribution in [0.4, 0.5) is 0 Å². The zero-order chi connectivity index (χ0) is 32.2. The summed E-state index contributed by atoms with van der Waals surface area (Å²) in [5.74, 6) is 0.709. The summed E-state index contributed by atoms with van der Waals surface area (Å²) >= 11 is 1.87. The molecule has 0 aliphatic heterocycles. The topological polar surface area (TPSA) is 57.0 Å². The molecule has 230 valence electrons. The van der Waals surface area contributed by atoms with Gasteiger partial charge in [-0.25, -0.2) is 4.98 Å². The highest BCUT2D eigenvalue weighted by Gasteiger charge is 2.28. The Kier molecular flexibility index (Phi) is 4.46. The molecule has 0 saturated heterocycles. The first-order valence-electron chi connectivity index (χ1n) is 16.7. The molecule has 6 heteroatoms. The van der Waals surface area contributed by atoms with Crippen molar-refractivity contribution in [3.8, 4) is 28.2 Å². The van der Waals surface area contributed by atoms with Crippen LogP contribution in [0, 0.1) is 0 Å². The van der Waals surface area contributed by atoms with Gasteiger partial charge in [-0.3, -0.25) is 4.57 Å². The molecule has 0 bridgehead atoms. The summed E-state index contributed by atoms with van der Waals surface area (Å²) in [5.41, 5.74) is 10.0. The first-order chi connectivity index (χ1) is 24.8. The van der Waals surface area contributed by atoms with Crippen molar-refractivity contribution in [3.05, 3.63) is 127 Å². The Morgan fingerprint density at radius 1 is 0.480 bits per heavy atom. The Bertz CT molecular complexity index is 3510. The van der Waals surface area contributed by atoms with Crippen LogP contribution in [0.2, 0.25) is 0 Å². The maximum absolute atomic E-state index is 6.63. The van der Waals surface area contributed by atoms with Gasteiger partial charge in [0.25, 0.3) is 0 Å². The normalized spacial score (nSPS) is 12.8. The lowest BCUT2D eigenvalue weighted by molar-refractivity contribution is 0.651. The highest BCUT2D eigenvalue weighted by Crippen LogP contribution is 2.52. The fraction of sp³-hybridized carbons (Fsp3) is 0. The minimum atomic E-state index is 0.509. The molecule has 0 atom stereocenters. The van der Waals surface area contributed by atoms with Crippen molar-refractivity contribution < 1.29 is 8.83 Å². The second-order valence-corrected chi connectivity index (χ2v) is 14.3. The molecule has 12 aromatic rings. The van der Waals surface area contributed by atoms with Crippen LogP contribution in [0.3, 0.4) is 0 Å². The minimum absolute atomic E-state index is 0.509. The Morgan fingerprint density at radius 2 is 1.16 bits per heavy atom.